The van der Waals surface area contributed by atoms with E-state index in [1.54, 1.807) is 0 Å². The second-order valence-electron chi connectivity index (χ2n) is 13.0. The van der Waals surface area contributed by atoms with E-state index in [0.29, 0.717) is 24.3 Å². The molecule has 4 fully saturated rings. The lowest BCUT2D eigenvalue weighted by Crippen LogP contribution is -2.58. The molecule has 2 saturated carbocycles. The van der Waals surface area contributed by atoms with Gasteiger partial charge in [0, 0.05) is 30.7 Å². The summed E-state index contributed by atoms with van der Waals surface area (Å²) in [5.74, 6) is -1.48. The van der Waals surface area contributed by atoms with Crippen molar-refractivity contribution in [1.82, 2.24) is 10.6 Å². The number of hydrogen-bond donors (Lipinski definition) is 4. The molecule has 9 heteroatoms. The summed E-state index contributed by atoms with van der Waals surface area (Å²) < 4.78 is 12.0. The van der Waals surface area contributed by atoms with Gasteiger partial charge in [-0.15, -0.1) is 0 Å². The van der Waals surface area contributed by atoms with Crippen molar-refractivity contribution in [1.29, 1.82) is 0 Å². The molecule has 0 aromatic rings. The van der Waals surface area contributed by atoms with E-state index in [-0.39, 0.29) is 43.3 Å². The Morgan fingerprint density at radius 2 is 1.93 bits per heavy atom. The minimum Gasteiger partial charge on any atom is -0.463 e. The van der Waals surface area contributed by atoms with E-state index >= 15 is 0 Å². The van der Waals surface area contributed by atoms with E-state index < -0.39 is 29.0 Å². The maximum absolute atomic E-state index is 14.1. The lowest BCUT2D eigenvalue weighted by Gasteiger charge is -2.37. The molecule has 7 atom stereocenters. The fourth-order valence-corrected chi connectivity index (χ4v) is 7.50. The molecule has 41 heavy (non-hydrogen) atoms. The number of piperidine rings is 1. The van der Waals surface area contributed by atoms with Crippen LogP contribution in [-0.2, 0) is 23.9 Å². The highest BCUT2D eigenvalue weighted by Crippen LogP contribution is 2.62. The summed E-state index contributed by atoms with van der Waals surface area (Å²) in [6.45, 7) is 8.52. The first-order valence-electron chi connectivity index (χ1n) is 16.2. The Labute approximate surface area is 245 Å². The van der Waals surface area contributed by atoms with E-state index in [2.05, 4.69) is 17.6 Å². The second-order valence-corrected chi connectivity index (χ2v) is 13.0. The molecule has 0 bridgehead atoms. The molecule has 2 heterocycles. The second kappa shape index (κ2) is 14.2. The number of aliphatic hydroxyl groups excluding tert-OH is 1. The Morgan fingerprint density at radius 1 is 1.20 bits per heavy atom. The van der Waals surface area contributed by atoms with Crippen LogP contribution in [0.1, 0.15) is 97.8 Å². The standard InChI is InChI=1S/C32H53N3O6/c1-4-6-9-23(18-34-5-2)20-40-30(39)32-29(38)26-11-8-7-10-25(26)28(37)31(32,41-32)17-24(19-36)21(3)12-13-22-14-15-35-27(33)16-22/h22-23,25-27,34-36H,4-20,33H2,1-3H3. The van der Waals surface area contributed by atoms with Crippen LogP contribution in [0.15, 0.2) is 11.1 Å². The minimum absolute atomic E-state index is 0.00867. The summed E-state index contributed by atoms with van der Waals surface area (Å²) in [5.41, 5.74) is 4.29. The first-order valence-corrected chi connectivity index (χ1v) is 16.2. The van der Waals surface area contributed by atoms with E-state index in [9.17, 15) is 19.5 Å². The van der Waals surface area contributed by atoms with Crippen molar-refractivity contribution >= 4 is 17.5 Å². The van der Waals surface area contributed by atoms with Crippen LogP contribution in [0.4, 0.5) is 0 Å². The van der Waals surface area contributed by atoms with Crippen LogP contribution in [0.2, 0.25) is 0 Å². The summed E-state index contributed by atoms with van der Waals surface area (Å²) in [7, 11) is 0. The maximum Gasteiger partial charge on any atom is 0.350 e. The predicted octanol–water partition coefficient (Wildman–Crippen LogP) is 3.18. The van der Waals surface area contributed by atoms with Crippen LogP contribution in [0.5, 0.6) is 0 Å². The number of carbonyl (C=O) groups is 3. The molecule has 0 radical (unpaired) electrons. The number of hydrogen-bond acceptors (Lipinski definition) is 9. The number of epoxide rings is 1. The molecule has 4 aliphatic rings. The van der Waals surface area contributed by atoms with Gasteiger partial charge < -0.3 is 30.9 Å². The largest absolute Gasteiger partial charge is 0.463 e. The Balaban J connectivity index is 1.54. The first-order chi connectivity index (χ1) is 19.7. The number of ketones is 2. The van der Waals surface area contributed by atoms with Crippen LogP contribution in [0.3, 0.4) is 0 Å². The molecule has 0 aromatic carbocycles. The Hall–Kier alpha value is -1.65. The van der Waals surface area contributed by atoms with Gasteiger partial charge in [0.05, 0.1) is 19.4 Å². The van der Waals surface area contributed by atoms with Gasteiger partial charge in [-0.3, -0.25) is 9.59 Å². The van der Waals surface area contributed by atoms with Gasteiger partial charge in [-0.2, -0.15) is 0 Å². The van der Waals surface area contributed by atoms with Crippen molar-refractivity contribution < 1.29 is 29.0 Å². The number of esters is 1. The van der Waals surface area contributed by atoms with Crippen LogP contribution in [0.25, 0.3) is 0 Å². The number of ether oxygens (including phenoxy) is 2. The number of nitrogens with one attached hydrogen (secondary N) is 2. The van der Waals surface area contributed by atoms with Gasteiger partial charge >= 0.3 is 5.97 Å². The van der Waals surface area contributed by atoms with Crippen molar-refractivity contribution in [3.8, 4) is 0 Å². The summed E-state index contributed by atoms with van der Waals surface area (Å²) in [5, 5.41) is 17.0. The number of nitrogens with two attached hydrogens (primary N) is 1. The van der Waals surface area contributed by atoms with Crippen LogP contribution < -0.4 is 16.4 Å². The first kappa shape index (κ1) is 32.3. The molecular weight excluding hydrogens is 522 g/mol. The van der Waals surface area contributed by atoms with Gasteiger partial charge in [-0.25, -0.2) is 4.79 Å². The highest BCUT2D eigenvalue weighted by atomic mass is 16.7. The van der Waals surface area contributed by atoms with Crippen molar-refractivity contribution in [2.45, 2.75) is 115 Å². The number of fused-ring (bicyclic) bond motifs is 2. The highest BCUT2D eigenvalue weighted by molar-refractivity contribution is 6.23. The van der Waals surface area contributed by atoms with Crippen molar-refractivity contribution in [3.63, 3.8) is 0 Å². The van der Waals surface area contributed by atoms with Crippen LogP contribution >= 0.6 is 0 Å². The molecule has 4 rings (SSSR count). The van der Waals surface area contributed by atoms with Gasteiger partial charge in [0.2, 0.25) is 0 Å². The van der Waals surface area contributed by atoms with Gasteiger partial charge in [0.1, 0.15) is 0 Å². The number of unbranched alkanes of at least 4 members (excludes halogenated alkanes) is 1. The lowest BCUT2D eigenvalue weighted by atomic mass is 9.60. The smallest absolute Gasteiger partial charge is 0.350 e. The zero-order chi connectivity index (χ0) is 29.6. The van der Waals surface area contributed by atoms with E-state index in [1.807, 2.05) is 13.8 Å². The average molecular weight is 576 g/mol. The highest BCUT2D eigenvalue weighted by Gasteiger charge is 2.87. The molecule has 2 saturated heterocycles. The third-order valence-corrected chi connectivity index (χ3v) is 10.2. The summed E-state index contributed by atoms with van der Waals surface area (Å²) >= 11 is 0. The van der Waals surface area contributed by atoms with E-state index in [0.717, 1.165) is 83.0 Å². The van der Waals surface area contributed by atoms with Crippen molar-refractivity contribution in [2.24, 2.45) is 29.4 Å². The quantitative estimate of drug-likeness (QED) is 0.100. The molecule has 2 aliphatic carbocycles. The van der Waals surface area contributed by atoms with Crippen LogP contribution in [-0.4, -0.2) is 72.9 Å². The third-order valence-electron chi connectivity index (χ3n) is 10.2. The van der Waals surface area contributed by atoms with Gasteiger partial charge in [-0.05, 0) is 76.5 Å². The molecule has 5 N–H and O–H groups in total. The monoisotopic (exact) mass is 575 g/mol. The zero-order valence-electron chi connectivity index (χ0n) is 25.5. The molecule has 0 aromatic heterocycles. The van der Waals surface area contributed by atoms with Gasteiger partial charge in [-0.1, -0.05) is 45.1 Å². The zero-order valence-corrected chi connectivity index (χ0v) is 25.5. The van der Waals surface area contributed by atoms with Crippen molar-refractivity contribution in [2.75, 3.05) is 32.8 Å². The maximum atomic E-state index is 14.1. The number of rotatable bonds is 15. The molecule has 232 valence electrons. The number of Topliss-reactive ketones (excluding diaryl/α,β-unsaturated/α-hetero) is 2. The van der Waals surface area contributed by atoms with Crippen molar-refractivity contribution in [3.05, 3.63) is 11.1 Å². The Morgan fingerprint density at radius 3 is 2.59 bits per heavy atom. The van der Waals surface area contributed by atoms with Gasteiger partial charge in [0.25, 0.3) is 5.60 Å². The summed E-state index contributed by atoms with van der Waals surface area (Å²) in [6, 6.07) is 0. The topological polar surface area (TPSA) is 143 Å². The molecule has 9 nitrogen and oxygen atoms in total. The lowest BCUT2D eigenvalue weighted by molar-refractivity contribution is -0.159. The van der Waals surface area contributed by atoms with E-state index in [1.165, 1.54) is 0 Å². The Bertz CT molecular complexity index is 976. The predicted molar refractivity (Wildman–Crippen MR) is 157 cm³/mol. The van der Waals surface area contributed by atoms with Crippen LogP contribution in [0, 0.1) is 23.7 Å². The summed E-state index contributed by atoms with van der Waals surface area (Å²) in [6.07, 6.45) is 9.69. The number of carbonyl (C=O) groups excluding carboxylic acids is 3. The average Bonchev–Trinajstić information content (AvgIpc) is 3.68. The third kappa shape index (κ3) is 6.64. The molecule has 0 amide bonds. The Kier molecular flexibility index (Phi) is 11.2. The molecule has 2 aliphatic heterocycles. The molecule has 7 unspecified atom stereocenters. The van der Waals surface area contributed by atoms with Gasteiger partial charge in [0.15, 0.2) is 17.2 Å². The summed E-state index contributed by atoms with van der Waals surface area (Å²) in [4.78, 5) is 41.9. The SMILES string of the molecule is CCCCC(CNCC)COC(=O)C12OC1(CC(CO)=C(C)CCC1CCNC(N)C1)C(=O)C1CCCCC1C2=O. The minimum atomic E-state index is -1.89. The fraction of sp³-hybridized carbons (Fsp3) is 0.844. The van der Waals surface area contributed by atoms with E-state index in [4.69, 9.17) is 15.2 Å². The molecule has 0 spiro atoms. The number of allylic oxidation sites excluding steroid dienone is 1. The molecular formula is C32H53N3O6. The normalized spacial score (nSPS) is 34.4. The fourth-order valence-electron chi connectivity index (χ4n) is 7.50. The number of aliphatic hydroxyl groups is 1.